The van der Waals surface area contributed by atoms with Gasteiger partial charge in [-0.05, 0) is 58.2 Å². The number of hydrogen-bond donors (Lipinski definition) is 1. The maximum Gasteiger partial charge on any atom is 0.133 e. The fourth-order valence-electron chi connectivity index (χ4n) is 1.81. The summed E-state index contributed by atoms with van der Waals surface area (Å²) in [5, 5.41) is 9.44. The third-order valence-electron chi connectivity index (χ3n) is 2.98. The number of aliphatic hydroxyl groups is 1. The number of rotatable bonds is 5. The fourth-order valence-corrected chi connectivity index (χ4v) is 2.40. The molecular formula is C16H17BrO3. The van der Waals surface area contributed by atoms with Crippen LogP contribution in [0.25, 0.3) is 0 Å². The van der Waals surface area contributed by atoms with Crippen molar-refractivity contribution in [1.82, 2.24) is 0 Å². The van der Waals surface area contributed by atoms with Crippen molar-refractivity contribution in [3.8, 4) is 11.5 Å². The van der Waals surface area contributed by atoms with Crippen LogP contribution in [-0.2, 0) is 6.61 Å². The Kier molecular flexibility index (Phi) is 5.04. The van der Waals surface area contributed by atoms with Gasteiger partial charge in [-0.15, -0.1) is 0 Å². The van der Waals surface area contributed by atoms with Gasteiger partial charge in [-0.3, -0.25) is 0 Å². The van der Waals surface area contributed by atoms with Crippen LogP contribution < -0.4 is 9.47 Å². The largest absolute Gasteiger partial charge is 0.496 e. The standard InChI is InChI=1S/C16H17BrO3/c1-11(18)13-4-6-14(7-5-13)20-10-12-3-8-16(19-2)15(17)9-12/h3-9,11,18H,10H2,1-2H3/t11-/m0/s1. The van der Waals surface area contributed by atoms with E-state index in [0.717, 1.165) is 27.1 Å². The maximum absolute atomic E-state index is 9.44. The van der Waals surface area contributed by atoms with Crippen LogP contribution in [0.1, 0.15) is 24.2 Å². The molecule has 0 aliphatic heterocycles. The van der Waals surface area contributed by atoms with Crippen molar-refractivity contribution in [2.75, 3.05) is 7.11 Å². The minimum absolute atomic E-state index is 0.457. The molecule has 0 unspecified atom stereocenters. The molecule has 20 heavy (non-hydrogen) atoms. The number of ether oxygens (including phenoxy) is 2. The number of hydrogen-bond acceptors (Lipinski definition) is 3. The zero-order valence-electron chi connectivity index (χ0n) is 11.5. The molecule has 3 nitrogen and oxygen atoms in total. The molecule has 0 bridgehead atoms. The van der Waals surface area contributed by atoms with Gasteiger partial charge < -0.3 is 14.6 Å². The first-order valence-electron chi connectivity index (χ1n) is 6.33. The van der Waals surface area contributed by atoms with E-state index < -0.39 is 6.10 Å². The van der Waals surface area contributed by atoms with Gasteiger partial charge in [0.25, 0.3) is 0 Å². The van der Waals surface area contributed by atoms with Crippen molar-refractivity contribution in [2.24, 2.45) is 0 Å². The highest BCUT2D eigenvalue weighted by molar-refractivity contribution is 9.10. The lowest BCUT2D eigenvalue weighted by atomic mass is 10.1. The van der Waals surface area contributed by atoms with Crippen molar-refractivity contribution in [3.05, 3.63) is 58.1 Å². The third kappa shape index (κ3) is 3.74. The predicted octanol–water partition coefficient (Wildman–Crippen LogP) is 4.09. The molecule has 0 aliphatic carbocycles. The van der Waals surface area contributed by atoms with Crippen LogP contribution in [-0.4, -0.2) is 12.2 Å². The van der Waals surface area contributed by atoms with E-state index in [1.165, 1.54) is 0 Å². The summed E-state index contributed by atoms with van der Waals surface area (Å²) in [7, 11) is 1.64. The van der Waals surface area contributed by atoms with Crippen LogP contribution in [0.3, 0.4) is 0 Å². The number of aliphatic hydroxyl groups excluding tert-OH is 1. The van der Waals surface area contributed by atoms with Gasteiger partial charge in [0.2, 0.25) is 0 Å². The van der Waals surface area contributed by atoms with Crippen LogP contribution >= 0.6 is 15.9 Å². The zero-order chi connectivity index (χ0) is 14.5. The Morgan fingerprint density at radius 2 is 1.85 bits per heavy atom. The topological polar surface area (TPSA) is 38.7 Å². The van der Waals surface area contributed by atoms with Crippen molar-refractivity contribution in [1.29, 1.82) is 0 Å². The minimum atomic E-state index is -0.457. The first kappa shape index (κ1) is 14.9. The monoisotopic (exact) mass is 336 g/mol. The SMILES string of the molecule is COc1ccc(COc2ccc([C@H](C)O)cc2)cc1Br. The van der Waals surface area contributed by atoms with Crippen LogP contribution in [0.4, 0.5) is 0 Å². The maximum atomic E-state index is 9.44. The molecule has 0 saturated heterocycles. The second kappa shape index (κ2) is 6.77. The predicted molar refractivity (Wildman–Crippen MR) is 82.1 cm³/mol. The van der Waals surface area contributed by atoms with Crippen molar-refractivity contribution in [2.45, 2.75) is 19.6 Å². The average Bonchev–Trinajstić information content (AvgIpc) is 2.45. The molecule has 0 aromatic heterocycles. The Morgan fingerprint density at radius 1 is 1.15 bits per heavy atom. The molecule has 0 amide bonds. The van der Waals surface area contributed by atoms with E-state index in [-0.39, 0.29) is 0 Å². The molecule has 1 atom stereocenters. The number of methoxy groups -OCH3 is 1. The van der Waals surface area contributed by atoms with E-state index in [0.29, 0.717) is 6.61 Å². The quantitative estimate of drug-likeness (QED) is 0.893. The molecule has 0 radical (unpaired) electrons. The lowest BCUT2D eigenvalue weighted by molar-refractivity contribution is 0.199. The number of benzene rings is 2. The molecule has 1 N–H and O–H groups in total. The Hall–Kier alpha value is -1.52. The molecule has 2 aromatic rings. The highest BCUT2D eigenvalue weighted by Crippen LogP contribution is 2.26. The summed E-state index contributed by atoms with van der Waals surface area (Å²) >= 11 is 3.45. The molecule has 0 spiro atoms. The minimum Gasteiger partial charge on any atom is -0.496 e. The van der Waals surface area contributed by atoms with E-state index in [1.807, 2.05) is 42.5 Å². The van der Waals surface area contributed by atoms with Crippen molar-refractivity contribution in [3.63, 3.8) is 0 Å². The van der Waals surface area contributed by atoms with Gasteiger partial charge >= 0.3 is 0 Å². The fraction of sp³-hybridized carbons (Fsp3) is 0.250. The van der Waals surface area contributed by atoms with Gasteiger partial charge in [0.15, 0.2) is 0 Å². The van der Waals surface area contributed by atoms with Crippen LogP contribution in [0, 0.1) is 0 Å². The van der Waals surface area contributed by atoms with Crippen molar-refractivity contribution >= 4 is 15.9 Å². The summed E-state index contributed by atoms with van der Waals surface area (Å²) in [6.07, 6.45) is -0.457. The Morgan fingerprint density at radius 3 is 2.40 bits per heavy atom. The summed E-state index contributed by atoms with van der Waals surface area (Å²) in [5.74, 6) is 1.58. The normalized spacial score (nSPS) is 12.0. The van der Waals surface area contributed by atoms with Gasteiger partial charge in [-0.25, -0.2) is 0 Å². The molecular weight excluding hydrogens is 320 g/mol. The van der Waals surface area contributed by atoms with Gasteiger partial charge in [0.1, 0.15) is 18.1 Å². The lowest BCUT2D eigenvalue weighted by Gasteiger charge is -2.10. The van der Waals surface area contributed by atoms with Gasteiger partial charge in [0, 0.05) is 0 Å². The second-order valence-corrected chi connectivity index (χ2v) is 5.36. The molecule has 106 valence electrons. The van der Waals surface area contributed by atoms with E-state index in [4.69, 9.17) is 9.47 Å². The van der Waals surface area contributed by atoms with Crippen LogP contribution in [0.2, 0.25) is 0 Å². The summed E-state index contributed by atoms with van der Waals surface area (Å²) in [4.78, 5) is 0. The van der Waals surface area contributed by atoms with E-state index in [9.17, 15) is 5.11 Å². The van der Waals surface area contributed by atoms with Gasteiger partial charge in [0.05, 0.1) is 17.7 Å². The van der Waals surface area contributed by atoms with E-state index >= 15 is 0 Å². The highest BCUT2D eigenvalue weighted by Gasteiger charge is 2.03. The summed E-state index contributed by atoms with van der Waals surface area (Å²) in [5.41, 5.74) is 1.93. The van der Waals surface area contributed by atoms with Crippen LogP contribution in [0.15, 0.2) is 46.9 Å². The Labute approximate surface area is 127 Å². The van der Waals surface area contributed by atoms with Crippen LogP contribution in [0.5, 0.6) is 11.5 Å². The number of halogens is 1. The van der Waals surface area contributed by atoms with E-state index in [1.54, 1.807) is 14.0 Å². The second-order valence-electron chi connectivity index (χ2n) is 4.50. The Bertz CT molecular complexity index is 564. The summed E-state index contributed by atoms with van der Waals surface area (Å²) in [6.45, 7) is 2.22. The molecule has 2 rings (SSSR count). The lowest BCUT2D eigenvalue weighted by Crippen LogP contribution is -1.97. The first-order chi connectivity index (χ1) is 9.60. The molecule has 0 saturated carbocycles. The van der Waals surface area contributed by atoms with Crippen molar-refractivity contribution < 1.29 is 14.6 Å². The summed E-state index contributed by atoms with van der Waals surface area (Å²) in [6, 6.07) is 13.3. The molecule has 0 fully saturated rings. The highest BCUT2D eigenvalue weighted by atomic mass is 79.9. The average molecular weight is 337 g/mol. The van der Waals surface area contributed by atoms with Gasteiger partial charge in [-0.1, -0.05) is 18.2 Å². The zero-order valence-corrected chi connectivity index (χ0v) is 13.1. The Balaban J connectivity index is 1.99. The molecule has 2 aromatic carbocycles. The smallest absolute Gasteiger partial charge is 0.133 e. The molecule has 4 heteroatoms. The summed E-state index contributed by atoms with van der Waals surface area (Å²) < 4.78 is 11.8. The molecule has 0 aliphatic rings. The third-order valence-corrected chi connectivity index (χ3v) is 3.60. The van der Waals surface area contributed by atoms with Gasteiger partial charge in [-0.2, -0.15) is 0 Å². The first-order valence-corrected chi connectivity index (χ1v) is 7.12. The molecule has 0 heterocycles. The van der Waals surface area contributed by atoms with E-state index in [2.05, 4.69) is 15.9 Å².